The van der Waals surface area contributed by atoms with Crippen LogP contribution in [0.15, 0.2) is 60.8 Å². The summed E-state index contributed by atoms with van der Waals surface area (Å²) in [4.78, 5) is 34.9. The highest BCUT2D eigenvalue weighted by Crippen LogP contribution is 2.43. The lowest BCUT2D eigenvalue weighted by atomic mass is 10.1. The normalized spacial score (nSPS) is 13.8. The second-order valence-electron chi connectivity index (χ2n) is 14.9. The largest absolute Gasteiger partial charge is 0.472 e. The average molecular weight is 822 g/mol. The number of hydrogen-bond donors (Lipinski definition) is 2. The number of nitrogens with two attached hydrogens (primary N) is 1. The Kier molecular flexibility index (Phi) is 41.6. The molecule has 0 aliphatic heterocycles. The highest BCUT2D eigenvalue weighted by atomic mass is 31.2. The van der Waals surface area contributed by atoms with Gasteiger partial charge in [0.15, 0.2) is 6.10 Å². The topological polar surface area (TPSA) is 134 Å². The maximum absolute atomic E-state index is 12.6. The molecule has 2 unspecified atom stereocenters. The molecule has 0 spiro atoms. The number of rotatable bonds is 42. The fraction of sp³-hybridized carbons (Fsp3) is 0.745. The zero-order chi connectivity index (χ0) is 41.8. The van der Waals surface area contributed by atoms with Gasteiger partial charge in [-0.25, -0.2) is 4.57 Å². The van der Waals surface area contributed by atoms with Gasteiger partial charge >= 0.3 is 19.8 Å². The molecule has 0 fully saturated rings. The van der Waals surface area contributed by atoms with Gasteiger partial charge in [0.05, 0.1) is 13.2 Å². The van der Waals surface area contributed by atoms with Gasteiger partial charge in [-0.2, -0.15) is 0 Å². The van der Waals surface area contributed by atoms with Crippen molar-refractivity contribution in [1.82, 2.24) is 0 Å². The maximum atomic E-state index is 12.6. The second-order valence-corrected chi connectivity index (χ2v) is 16.3. The first kappa shape index (κ1) is 54.7. The van der Waals surface area contributed by atoms with Gasteiger partial charge in [-0.05, 0) is 57.8 Å². The maximum Gasteiger partial charge on any atom is 0.472 e. The molecule has 0 aromatic heterocycles. The molecule has 0 aliphatic carbocycles. The Balaban J connectivity index is 4.07. The molecule has 0 heterocycles. The van der Waals surface area contributed by atoms with Gasteiger partial charge in [0.1, 0.15) is 6.61 Å². The van der Waals surface area contributed by atoms with Crippen LogP contribution in [0.1, 0.15) is 194 Å². The molecule has 0 amide bonds. The molecule has 0 rings (SSSR count). The molecular weight excluding hydrogens is 737 g/mol. The van der Waals surface area contributed by atoms with Gasteiger partial charge in [0.2, 0.25) is 0 Å². The highest BCUT2D eigenvalue weighted by molar-refractivity contribution is 7.47. The van der Waals surface area contributed by atoms with Crippen LogP contribution in [-0.2, 0) is 32.7 Å². The lowest BCUT2D eigenvalue weighted by Gasteiger charge is -2.19. The van der Waals surface area contributed by atoms with Crippen LogP contribution in [0.25, 0.3) is 0 Å². The molecule has 2 atom stereocenters. The minimum atomic E-state index is -4.38. The van der Waals surface area contributed by atoms with Gasteiger partial charge in [0.25, 0.3) is 0 Å². The summed E-state index contributed by atoms with van der Waals surface area (Å²) in [5.41, 5.74) is 5.35. The fourth-order valence-electron chi connectivity index (χ4n) is 6.07. The minimum absolute atomic E-state index is 0.0510. The zero-order valence-corrected chi connectivity index (χ0v) is 37.2. The van der Waals surface area contributed by atoms with Crippen LogP contribution >= 0.6 is 7.82 Å². The molecule has 0 aliphatic rings. The van der Waals surface area contributed by atoms with Gasteiger partial charge in [0, 0.05) is 19.4 Å². The Hall–Kier alpha value is -2.29. The third-order valence-corrected chi connectivity index (χ3v) is 10.4. The van der Waals surface area contributed by atoms with E-state index in [1.807, 2.05) is 0 Å². The first-order valence-corrected chi connectivity index (χ1v) is 24.3. The van der Waals surface area contributed by atoms with Crippen molar-refractivity contribution in [2.24, 2.45) is 5.73 Å². The second kappa shape index (κ2) is 43.3. The van der Waals surface area contributed by atoms with Crippen LogP contribution < -0.4 is 5.73 Å². The van der Waals surface area contributed by atoms with Crippen LogP contribution in [0.4, 0.5) is 0 Å². The van der Waals surface area contributed by atoms with E-state index in [0.29, 0.717) is 6.42 Å². The summed E-state index contributed by atoms with van der Waals surface area (Å²) in [5, 5.41) is 0. The molecule has 0 aromatic rings. The third kappa shape index (κ3) is 43.1. The predicted octanol–water partition coefficient (Wildman–Crippen LogP) is 13.3. The first-order chi connectivity index (χ1) is 27.8. The van der Waals surface area contributed by atoms with Crippen molar-refractivity contribution in [1.29, 1.82) is 0 Å². The minimum Gasteiger partial charge on any atom is -0.462 e. The molecule has 330 valence electrons. The number of carbonyl (C=O) groups excluding carboxylic acids is 2. The van der Waals surface area contributed by atoms with E-state index < -0.39 is 26.5 Å². The smallest absolute Gasteiger partial charge is 0.462 e. The Morgan fingerprint density at radius 2 is 0.965 bits per heavy atom. The first-order valence-electron chi connectivity index (χ1n) is 22.8. The number of unbranched alkanes of at least 4 members (excludes halogenated alkanes) is 19. The number of hydrogen-bond acceptors (Lipinski definition) is 8. The van der Waals surface area contributed by atoms with Crippen molar-refractivity contribution in [3.63, 3.8) is 0 Å². The Labute approximate surface area is 349 Å². The summed E-state index contributed by atoms with van der Waals surface area (Å²) in [6.45, 7) is 3.60. The van der Waals surface area contributed by atoms with Crippen LogP contribution in [0.5, 0.6) is 0 Å². The molecule has 0 bridgehead atoms. The summed E-state index contributed by atoms with van der Waals surface area (Å²) in [6.07, 6.45) is 51.1. The van der Waals surface area contributed by atoms with Gasteiger partial charge < -0.3 is 20.1 Å². The predicted molar refractivity (Wildman–Crippen MR) is 238 cm³/mol. The van der Waals surface area contributed by atoms with E-state index in [4.69, 9.17) is 24.3 Å². The molecule has 0 radical (unpaired) electrons. The van der Waals surface area contributed by atoms with E-state index in [9.17, 15) is 19.0 Å². The highest BCUT2D eigenvalue weighted by Gasteiger charge is 2.26. The summed E-state index contributed by atoms with van der Waals surface area (Å²) in [7, 11) is -4.38. The number of carbonyl (C=O) groups is 2. The van der Waals surface area contributed by atoms with Crippen molar-refractivity contribution >= 4 is 19.8 Å². The quantitative estimate of drug-likeness (QED) is 0.0267. The van der Waals surface area contributed by atoms with Crippen molar-refractivity contribution in [2.75, 3.05) is 26.4 Å². The summed E-state index contributed by atoms with van der Waals surface area (Å²) in [5.74, 6) is -0.836. The molecule has 9 nitrogen and oxygen atoms in total. The number of esters is 2. The number of ether oxygens (including phenoxy) is 2. The van der Waals surface area contributed by atoms with Crippen LogP contribution in [0.3, 0.4) is 0 Å². The van der Waals surface area contributed by atoms with Gasteiger partial charge in [-0.1, -0.05) is 184 Å². The monoisotopic (exact) mass is 822 g/mol. The Bertz CT molecular complexity index is 1120. The lowest BCUT2D eigenvalue weighted by molar-refractivity contribution is -0.161. The molecule has 10 heteroatoms. The molecule has 57 heavy (non-hydrogen) atoms. The standard InChI is InChI=1S/C47H84NO8P/c1-3-5-7-9-11-13-15-16-17-18-19-20-21-22-23-24-25-26-27-28-30-32-34-36-38-40-47(50)56-45(44-55-57(51,52)54-42-41-48)43-53-46(49)39-37-35-33-31-29-14-12-10-8-6-4-2/h5,7,11,13,16-17,19-20,22-23,45H,3-4,6,8-10,12,14-15,18,21,24-44,48H2,1-2H3,(H,51,52)/b7-5-,13-11-,17-16-,20-19-,23-22-. The van der Waals surface area contributed by atoms with E-state index in [0.717, 1.165) is 77.0 Å². The summed E-state index contributed by atoms with van der Waals surface area (Å²) < 4.78 is 32.8. The number of phosphoric acid groups is 1. The van der Waals surface area contributed by atoms with E-state index in [1.165, 1.54) is 83.5 Å². The Morgan fingerprint density at radius 3 is 1.44 bits per heavy atom. The van der Waals surface area contributed by atoms with Gasteiger partial charge in [-0.3, -0.25) is 18.6 Å². The summed E-state index contributed by atoms with van der Waals surface area (Å²) in [6, 6.07) is 0. The van der Waals surface area contributed by atoms with E-state index >= 15 is 0 Å². The lowest BCUT2D eigenvalue weighted by Crippen LogP contribution is -2.29. The molecule has 0 saturated carbocycles. The summed E-state index contributed by atoms with van der Waals surface area (Å²) >= 11 is 0. The number of phosphoric ester groups is 1. The van der Waals surface area contributed by atoms with Crippen molar-refractivity contribution < 1.29 is 37.6 Å². The van der Waals surface area contributed by atoms with Crippen LogP contribution in [-0.4, -0.2) is 49.3 Å². The zero-order valence-electron chi connectivity index (χ0n) is 36.3. The SMILES string of the molecule is CC/C=C\C/C=C\C/C=C\C/C=C\C/C=C\CCCCCCCCCCCC(=O)OC(COC(=O)CCCCCCCCCCCCC)COP(=O)(O)OCCN. The van der Waals surface area contributed by atoms with E-state index in [2.05, 4.69) is 74.6 Å². The average Bonchev–Trinajstić information content (AvgIpc) is 3.20. The van der Waals surface area contributed by atoms with E-state index in [1.54, 1.807) is 0 Å². The third-order valence-electron chi connectivity index (χ3n) is 9.42. The number of allylic oxidation sites excluding steroid dienone is 10. The van der Waals surface area contributed by atoms with E-state index in [-0.39, 0.29) is 38.6 Å². The van der Waals surface area contributed by atoms with Gasteiger partial charge in [-0.15, -0.1) is 0 Å². The molecule has 3 N–H and O–H groups in total. The van der Waals surface area contributed by atoms with Crippen molar-refractivity contribution in [3.8, 4) is 0 Å². The molecular formula is C47H84NO8P. The van der Waals surface area contributed by atoms with Crippen LogP contribution in [0, 0.1) is 0 Å². The van der Waals surface area contributed by atoms with Crippen molar-refractivity contribution in [2.45, 2.75) is 200 Å². The van der Waals surface area contributed by atoms with Crippen molar-refractivity contribution in [3.05, 3.63) is 60.8 Å². The molecule has 0 saturated heterocycles. The molecule has 0 aromatic carbocycles. The van der Waals surface area contributed by atoms with Crippen LogP contribution in [0.2, 0.25) is 0 Å². The fourth-order valence-corrected chi connectivity index (χ4v) is 6.84. The Morgan fingerprint density at radius 1 is 0.544 bits per heavy atom.